The fraction of sp³-hybridized carbons (Fsp3) is 0.455. The molecule has 2 rings (SSSR count). The molecule has 0 spiro atoms. The molecule has 0 amide bonds. The molecular formula is C11H14Cl2N2. The van der Waals surface area contributed by atoms with Crippen molar-refractivity contribution in [1.29, 1.82) is 0 Å². The highest BCUT2D eigenvalue weighted by molar-refractivity contribution is 6.18. The minimum Gasteiger partial charge on any atom is -0.351 e. The summed E-state index contributed by atoms with van der Waals surface area (Å²) in [5, 5.41) is 0. The molecule has 0 aliphatic carbocycles. The second-order valence-electron chi connectivity index (χ2n) is 3.53. The zero-order valence-electron chi connectivity index (χ0n) is 8.50. The van der Waals surface area contributed by atoms with E-state index >= 15 is 0 Å². The number of benzene rings is 1. The molecule has 2 nitrogen and oxygen atoms in total. The molecule has 0 atom stereocenters. The van der Waals surface area contributed by atoms with Crippen molar-refractivity contribution >= 4 is 34.6 Å². The van der Waals surface area contributed by atoms with Gasteiger partial charge in [-0.05, 0) is 12.1 Å². The smallest absolute Gasteiger partial charge is 0.0905 e. The maximum atomic E-state index is 5.79. The topological polar surface area (TPSA) is 6.48 Å². The maximum Gasteiger partial charge on any atom is 0.0905 e. The molecular weight excluding hydrogens is 231 g/mol. The summed E-state index contributed by atoms with van der Waals surface area (Å²) in [6.07, 6.45) is 0. The summed E-state index contributed by atoms with van der Waals surface area (Å²) in [5.74, 6) is 1.31. The van der Waals surface area contributed by atoms with E-state index in [4.69, 9.17) is 23.2 Å². The first-order chi connectivity index (χ1) is 7.36. The van der Waals surface area contributed by atoms with Crippen molar-refractivity contribution in [3.63, 3.8) is 0 Å². The summed E-state index contributed by atoms with van der Waals surface area (Å²) in [6, 6.07) is 8.39. The van der Waals surface area contributed by atoms with Crippen LogP contribution in [0.5, 0.6) is 0 Å². The highest BCUT2D eigenvalue weighted by Gasteiger charge is 2.23. The number of para-hydroxylation sites is 2. The first-order valence-electron chi connectivity index (χ1n) is 5.07. The Hall–Kier alpha value is -0.600. The Morgan fingerprint density at radius 2 is 1.40 bits per heavy atom. The molecule has 0 unspecified atom stereocenters. The van der Waals surface area contributed by atoms with Gasteiger partial charge in [-0.2, -0.15) is 0 Å². The van der Waals surface area contributed by atoms with Gasteiger partial charge in [0.05, 0.1) is 18.0 Å². The molecule has 82 valence electrons. The number of hydrogen-bond donors (Lipinski definition) is 0. The number of halogens is 2. The predicted molar refractivity (Wildman–Crippen MR) is 67.4 cm³/mol. The first kappa shape index (κ1) is 10.9. The number of alkyl halides is 2. The third-order valence-electron chi connectivity index (χ3n) is 2.61. The zero-order valence-corrected chi connectivity index (χ0v) is 10.0. The van der Waals surface area contributed by atoms with E-state index in [1.54, 1.807) is 0 Å². The molecule has 4 heteroatoms. The van der Waals surface area contributed by atoms with E-state index in [9.17, 15) is 0 Å². The van der Waals surface area contributed by atoms with Gasteiger partial charge in [0.15, 0.2) is 0 Å². The second-order valence-corrected chi connectivity index (χ2v) is 4.29. The van der Waals surface area contributed by atoms with Crippen LogP contribution in [-0.4, -0.2) is 31.5 Å². The quantitative estimate of drug-likeness (QED) is 0.752. The highest BCUT2D eigenvalue weighted by atomic mass is 35.5. The second kappa shape index (κ2) is 4.95. The summed E-state index contributed by atoms with van der Waals surface area (Å²) < 4.78 is 0. The summed E-state index contributed by atoms with van der Waals surface area (Å²) >= 11 is 11.6. The van der Waals surface area contributed by atoms with Crippen LogP contribution in [0.3, 0.4) is 0 Å². The van der Waals surface area contributed by atoms with Crippen molar-refractivity contribution in [2.75, 3.05) is 41.3 Å². The molecule has 0 bridgehead atoms. The van der Waals surface area contributed by atoms with Gasteiger partial charge in [-0.25, -0.2) is 0 Å². The lowest BCUT2D eigenvalue weighted by Gasteiger charge is -2.19. The van der Waals surface area contributed by atoms with E-state index in [1.165, 1.54) is 11.4 Å². The van der Waals surface area contributed by atoms with Crippen LogP contribution in [0.4, 0.5) is 11.4 Å². The van der Waals surface area contributed by atoms with E-state index in [-0.39, 0.29) is 0 Å². The van der Waals surface area contributed by atoms with Crippen LogP contribution in [0, 0.1) is 0 Å². The molecule has 1 aromatic rings. The van der Waals surface area contributed by atoms with Crippen molar-refractivity contribution in [1.82, 2.24) is 0 Å². The van der Waals surface area contributed by atoms with Crippen LogP contribution in [0.1, 0.15) is 0 Å². The van der Waals surface area contributed by atoms with Crippen LogP contribution in [0.15, 0.2) is 24.3 Å². The Morgan fingerprint density at radius 1 is 0.933 bits per heavy atom. The molecule has 0 fully saturated rings. The van der Waals surface area contributed by atoms with E-state index < -0.39 is 0 Å². The van der Waals surface area contributed by atoms with Crippen LogP contribution in [-0.2, 0) is 0 Å². The minimum atomic E-state index is 0.656. The van der Waals surface area contributed by atoms with Crippen molar-refractivity contribution < 1.29 is 0 Å². The Balaban J connectivity index is 2.22. The Morgan fingerprint density at radius 3 is 1.80 bits per heavy atom. The SMILES string of the molecule is ClCCN1CN(CCCl)c2ccccc21. The molecule has 0 saturated carbocycles. The number of rotatable bonds is 4. The monoisotopic (exact) mass is 244 g/mol. The van der Waals surface area contributed by atoms with Crippen LogP contribution < -0.4 is 9.80 Å². The summed E-state index contributed by atoms with van der Waals surface area (Å²) in [6.45, 7) is 2.67. The number of hydrogen-bond acceptors (Lipinski definition) is 2. The Bertz CT molecular complexity index is 299. The largest absolute Gasteiger partial charge is 0.351 e. The standard InChI is InChI=1S/C11H14Cl2N2/c12-5-7-14-9-15(8-6-13)11-4-2-1-3-10(11)14/h1-4H,5-9H2. The van der Waals surface area contributed by atoms with Crippen molar-refractivity contribution in [2.24, 2.45) is 0 Å². The van der Waals surface area contributed by atoms with Crippen molar-refractivity contribution in [3.05, 3.63) is 24.3 Å². The number of fused-ring (bicyclic) bond motifs is 1. The minimum absolute atomic E-state index is 0.656. The molecule has 1 aliphatic heterocycles. The van der Waals surface area contributed by atoms with E-state index in [2.05, 4.69) is 34.1 Å². The van der Waals surface area contributed by atoms with Gasteiger partial charge in [0.1, 0.15) is 0 Å². The Kier molecular flexibility index (Phi) is 3.60. The average Bonchev–Trinajstić information content (AvgIpc) is 2.59. The summed E-state index contributed by atoms with van der Waals surface area (Å²) in [4.78, 5) is 4.57. The molecule has 0 radical (unpaired) electrons. The zero-order chi connectivity index (χ0) is 10.7. The third kappa shape index (κ3) is 2.16. The lowest BCUT2D eigenvalue weighted by molar-refractivity contribution is 0.805. The molecule has 1 aliphatic rings. The summed E-state index contributed by atoms with van der Waals surface area (Å²) in [5.41, 5.74) is 2.53. The van der Waals surface area contributed by atoms with Gasteiger partial charge in [0.25, 0.3) is 0 Å². The van der Waals surface area contributed by atoms with Gasteiger partial charge in [-0.15, -0.1) is 23.2 Å². The lowest BCUT2D eigenvalue weighted by atomic mass is 10.2. The van der Waals surface area contributed by atoms with Crippen LogP contribution >= 0.6 is 23.2 Å². The average molecular weight is 245 g/mol. The van der Waals surface area contributed by atoms with Gasteiger partial charge in [-0.3, -0.25) is 0 Å². The van der Waals surface area contributed by atoms with Gasteiger partial charge in [-0.1, -0.05) is 12.1 Å². The Labute approximate surface area is 100 Å². The van der Waals surface area contributed by atoms with Crippen LogP contribution in [0.25, 0.3) is 0 Å². The van der Waals surface area contributed by atoms with Gasteiger partial charge >= 0.3 is 0 Å². The van der Waals surface area contributed by atoms with Gasteiger partial charge in [0, 0.05) is 24.8 Å². The molecule has 0 N–H and O–H groups in total. The lowest BCUT2D eigenvalue weighted by Crippen LogP contribution is -2.33. The van der Waals surface area contributed by atoms with E-state index in [0.29, 0.717) is 11.8 Å². The molecule has 1 aromatic carbocycles. The molecule has 1 heterocycles. The predicted octanol–water partition coefficient (Wildman–Crippen LogP) is 2.75. The fourth-order valence-electron chi connectivity index (χ4n) is 1.94. The first-order valence-corrected chi connectivity index (χ1v) is 6.14. The van der Waals surface area contributed by atoms with Crippen molar-refractivity contribution in [2.45, 2.75) is 0 Å². The highest BCUT2D eigenvalue weighted by Crippen LogP contribution is 2.35. The van der Waals surface area contributed by atoms with Gasteiger partial charge in [0.2, 0.25) is 0 Å². The molecule has 0 aromatic heterocycles. The third-order valence-corrected chi connectivity index (χ3v) is 2.95. The number of anilines is 2. The maximum absolute atomic E-state index is 5.79. The van der Waals surface area contributed by atoms with Gasteiger partial charge < -0.3 is 9.80 Å². The van der Waals surface area contributed by atoms with E-state index in [0.717, 1.165) is 19.8 Å². The normalized spacial score (nSPS) is 14.5. The van der Waals surface area contributed by atoms with E-state index in [1.807, 2.05) is 0 Å². The van der Waals surface area contributed by atoms with Crippen molar-refractivity contribution in [3.8, 4) is 0 Å². The summed E-state index contributed by atoms with van der Waals surface area (Å²) in [7, 11) is 0. The molecule has 0 saturated heterocycles. The molecule has 15 heavy (non-hydrogen) atoms. The van der Waals surface area contributed by atoms with Crippen LogP contribution in [0.2, 0.25) is 0 Å². The number of nitrogens with zero attached hydrogens (tertiary/aromatic N) is 2. The fourth-order valence-corrected chi connectivity index (χ4v) is 2.35.